The third-order valence-corrected chi connectivity index (χ3v) is 2.38. The van der Waals surface area contributed by atoms with Gasteiger partial charge in [0.15, 0.2) is 6.10 Å². The normalized spacial score (nSPS) is 12.9. The molecule has 0 fully saturated rings. The van der Waals surface area contributed by atoms with Crippen molar-refractivity contribution in [2.75, 3.05) is 6.54 Å². The van der Waals surface area contributed by atoms with Gasteiger partial charge in [-0.15, -0.1) is 0 Å². The lowest BCUT2D eigenvalue weighted by atomic mass is 10.1. The minimum atomic E-state index is -0.916. The van der Waals surface area contributed by atoms with Crippen LogP contribution >= 0.6 is 0 Å². The molecule has 100 valence electrons. The van der Waals surface area contributed by atoms with E-state index < -0.39 is 11.7 Å². The number of carbonyl (C=O) groups is 1. The Morgan fingerprint density at radius 1 is 1.39 bits per heavy atom. The Morgan fingerprint density at radius 2 is 2.00 bits per heavy atom. The van der Waals surface area contributed by atoms with Crippen molar-refractivity contribution in [2.45, 2.75) is 38.9 Å². The Hall–Kier alpha value is -1.55. The van der Waals surface area contributed by atoms with Gasteiger partial charge in [0.25, 0.3) is 5.91 Å². The Labute approximate surface area is 108 Å². The van der Waals surface area contributed by atoms with E-state index in [1.54, 1.807) is 13.8 Å². The molecule has 0 saturated carbocycles. The number of carbonyl (C=O) groups excluding carboxylic acids is 1. The van der Waals surface area contributed by atoms with Crippen LogP contribution in [0.25, 0.3) is 0 Å². The van der Waals surface area contributed by atoms with Crippen LogP contribution in [0, 0.1) is 0 Å². The van der Waals surface area contributed by atoms with Gasteiger partial charge in [0.2, 0.25) is 0 Å². The van der Waals surface area contributed by atoms with Gasteiger partial charge in [-0.2, -0.15) is 0 Å². The summed E-state index contributed by atoms with van der Waals surface area (Å²) < 4.78 is 5.60. The molecule has 1 aromatic carbocycles. The SMILES string of the molecule is CCC(Oc1ccccc1)C(=O)NCC(C)(C)O. The molecule has 1 amide bonds. The quantitative estimate of drug-likeness (QED) is 0.809. The smallest absolute Gasteiger partial charge is 0.261 e. The number of amides is 1. The van der Waals surface area contributed by atoms with Crippen LogP contribution in [0.15, 0.2) is 30.3 Å². The maximum atomic E-state index is 11.9. The van der Waals surface area contributed by atoms with Gasteiger partial charge in [-0.05, 0) is 32.4 Å². The molecule has 2 N–H and O–H groups in total. The summed E-state index contributed by atoms with van der Waals surface area (Å²) >= 11 is 0. The number of nitrogens with one attached hydrogen (secondary N) is 1. The molecular weight excluding hydrogens is 230 g/mol. The first-order valence-electron chi connectivity index (χ1n) is 6.14. The Balaban J connectivity index is 2.53. The maximum Gasteiger partial charge on any atom is 0.261 e. The van der Waals surface area contributed by atoms with Crippen molar-refractivity contribution in [3.8, 4) is 5.75 Å². The van der Waals surface area contributed by atoms with Crippen LogP contribution in [0.5, 0.6) is 5.75 Å². The van der Waals surface area contributed by atoms with Crippen LogP contribution in [0.2, 0.25) is 0 Å². The summed E-state index contributed by atoms with van der Waals surface area (Å²) in [4.78, 5) is 11.9. The van der Waals surface area contributed by atoms with Crippen molar-refractivity contribution in [2.24, 2.45) is 0 Å². The van der Waals surface area contributed by atoms with Crippen LogP contribution in [0.3, 0.4) is 0 Å². The fraction of sp³-hybridized carbons (Fsp3) is 0.500. The van der Waals surface area contributed by atoms with E-state index in [2.05, 4.69) is 5.32 Å². The molecule has 0 radical (unpaired) electrons. The molecule has 0 aliphatic carbocycles. The Morgan fingerprint density at radius 3 is 2.50 bits per heavy atom. The molecule has 0 saturated heterocycles. The van der Waals surface area contributed by atoms with Gasteiger partial charge in [0.05, 0.1) is 5.60 Å². The summed E-state index contributed by atoms with van der Waals surface area (Å²) in [5.41, 5.74) is -0.916. The molecule has 0 aliphatic heterocycles. The minimum absolute atomic E-state index is 0.205. The Bertz CT molecular complexity index is 370. The topological polar surface area (TPSA) is 58.6 Å². The first kappa shape index (κ1) is 14.5. The van der Waals surface area contributed by atoms with E-state index in [4.69, 9.17) is 4.74 Å². The monoisotopic (exact) mass is 251 g/mol. The van der Waals surface area contributed by atoms with Crippen molar-refractivity contribution >= 4 is 5.91 Å². The lowest BCUT2D eigenvalue weighted by molar-refractivity contribution is -0.129. The van der Waals surface area contributed by atoms with Crippen molar-refractivity contribution in [1.29, 1.82) is 0 Å². The number of benzene rings is 1. The highest BCUT2D eigenvalue weighted by atomic mass is 16.5. The van der Waals surface area contributed by atoms with Crippen LogP contribution in [0.1, 0.15) is 27.2 Å². The lowest BCUT2D eigenvalue weighted by Gasteiger charge is -2.21. The summed E-state index contributed by atoms with van der Waals surface area (Å²) in [5, 5.41) is 12.2. The van der Waals surface area contributed by atoms with Crippen molar-refractivity contribution in [3.63, 3.8) is 0 Å². The molecule has 1 rings (SSSR count). The minimum Gasteiger partial charge on any atom is -0.481 e. The molecule has 0 heterocycles. The molecule has 1 aromatic rings. The predicted octanol–water partition coefficient (Wildman–Crippen LogP) is 1.73. The average Bonchev–Trinajstić information content (AvgIpc) is 2.33. The van der Waals surface area contributed by atoms with Crippen LogP contribution in [0.4, 0.5) is 0 Å². The fourth-order valence-corrected chi connectivity index (χ4v) is 1.40. The van der Waals surface area contributed by atoms with E-state index in [0.717, 1.165) is 0 Å². The van der Waals surface area contributed by atoms with E-state index >= 15 is 0 Å². The number of aliphatic hydroxyl groups is 1. The standard InChI is InChI=1S/C14H21NO3/c1-4-12(13(16)15-10-14(2,3)17)18-11-8-6-5-7-9-11/h5-9,12,17H,4,10H2,1-3H3,(H,15,16). The second-order valence-electron chi connectivity index (χ2n) is 4.86. The van der Waals surface area contributed by atoms with Crippen molar-refractivity contribution in [1.82, 2.24) is 5.32 Å². The van der Waals surface area contributed by atoms with Gasteiger partial charge in [0, 0.05) is 6.54 Å². The molecule has 0 aromatic heterocycles. The summed E-state index contributed by atoms with van der Waals surface area (Å²) in [7, 11) is 0. The average molecular weight is 251 g/mol. The number of ether oxygens (including phenoxy) is 1. The van der Waals surface area contributed by atoms with Crippen LogP contribution in [-0.4, -0.2) is 29.3 Å². The molecule has 0 aliphatic rings. The van der Waals surface area contributed by atoms with E-state index in [1.807, 2.05) is 37.3 Å². The third-order valence-electron chi connectivity index (χ3n) is 2.38. The highest BCUT2D eigenvalue weighted by molar-refractivity contribution is 5.81. The molecule has 0 spiro atoms. The van der Waals surface area contributed by atoms with Crippen molar-refractivity contribution < 1.29 is 14.6 Å². The molecule has 0 bridgehead atoms. The van der Waals surface area contributed by atoms with Gasteiger partial charge in [-0.1, -0.05) is 25.1 Å². The lowest BCUT2D eigenvalue weighted by Crippen LogP contribution is -2.44. The van der Waals surface area contributed by atoms with Gasteiger partial charge >= 0.3 is 0 Å². The molecule has 4 heteroatoms. The van der Waals surface area contributed by atoms with E-state index in [9.17, 15) is 9.90 Å². The fourth-order valence-electron chi connectivity index (χ4n) is 1.40. The van der Waals surface area contributed by atoms with E-state index in [-0.39, 0.29) is 12.5 Å². The van der Waals surface area contributed by atoms with Crippen LogP contribution in [-0.2, 0) is 4.79 Å². The second-order valence-corrected chi connectivity index (χ2v) is 4.86. The third kappa shape index (κ3) is 5.19. The van der Waals surface area contributed by atoms with Crippen LogP contribution < -0.4 is 10.1 Å². The number of para-hydroxylation sites is 1. The maximum absolute atomic E-state index is 11.9. The van der Waals surface area contributed by atoms with Gasteiger partial charge < -0.3 is 15.2 Å². The van der Waals surface area contributed by atoms with Gasteiger partial charge in [0.1, 0.15) is 5.75 Å². The molecule has 1 unspecified atom stereocenters. The predicted molar refractivity (Wildman–Crippen MR) is 70.5 cm³/mol. The largest absolute Gasteiger partial charge is 0.481 e. The highest BCUT2D eigenvalue weighted by Gasteiger charge is 2.21. The zero-order valence-corrected chi connectivity index (χ0v) is 11.1. The number of rotatable bonds is 6. The summed E-state index contributed by atoms with van der Waals surface area (Å²) in [5.74, 6) is 0.464. The molecular formula is C14H21NO3. The molecule has 4 nitrogen and oxygen atoms in total. The molecule has 1 atom stereocenters. The zero-order chi connectivity index (χ0) is 13.6. The van der Waals surface area contributed by atoms with Gasteiger partial charge in [-0.25, -0.2) is 0 Å². The first-order chi connectivity index (χ1) is 8.42. The van der Waals surface area contributed by atoms with E-state index in [0.29, 0.717) is 12.2 Å². The summed E-state index contributed by atoms with van der Waals surface area (Å²) in [6, 6.07) is 9.23. The second kappa shape index (κ2) is 6.40. The summed E-state index contributed by atoms with van der Waals surface area (Å²) in [6.07, 6.45) is 0.0433. The van der Waals surface area contributed by atoms with E-state index in [1.165, 1.54) is 0 Å². The highest BCUT2D eigenvalue weighted by Crippen LogP contribution is 2.12. The van der Waals surface area contributed by atoms with Gasteiger partial charge in [-0.3, -0.25) is 4.79 Å². The number of hydrogen-bond acceptors (Lipinski definition) is 3. The Kier molecular flexibility index (Phi) is 5.16. The number of hydrogen-bond donors (Lipinski definition) is 2. The molecule has 18 heavy (non-hydrogen) atoms. The van der Waals surface area contributed by atoms with Crippen molar-refractivity contribution in [3.05, 3.63) is 30.3 Å². The summed E-state index contributed by atoms with van der Waals surface area (Å²) in [6.45, 7) is 5.39. The first-order valence-corrected chi connectivity index (χ1v) is 6.14. The zero-order valence-electron chi connectivity index (χ0n) is 11.1.